The molecule has 1 atom stereocenters. The number of hydrogen-bond donors (Lipinski definition) is 1. The number of morpholine rings is 1. The molecular formula is C23H30ClN3O4S. The van der Waals surface area contributed by atoms with Gasteiger partial charge in [-0.1, -0.05) is 41.9 Å². The zero-order chi connectivity index (χ0) is 23.3. The normalized spacial score (nSPS) is 15.9. The maximum atomic E-state index is 12.8. The van der Waals surface area contributed by atoms with Gasteiger partial charge in [0.25, 0.3) is 0 Å². The van der Waals surface area contributed by atoms with Crippen LogP contribution in [0.1, 0.15) is 23.6 Å². The SMILES string of the molecule is Cc1ccc(Cl)cc1N([C@@H](C)C(=O)NCc1ccc(CN2CCOCC2)cc1)S(C)(=O)=O. The first-order valence-electron chi connectivity index (χ1n) is 10.6. The highest BCUT2D eigenvalue weighted by Gasteiger charge is 2.30. The third-order valence-electron chi connectivity index (χ3n) is 5.50. The molecule has 1 aliphatic heterocycles. The largest absolute Gasteiger partial charge is 0.379 e. The second kappa shape index (κ2) is 10.7. The highest BCUT2D eigenvalue weighted by atomic mass is 35.5. The van der Waals surface area contributed by atoms with Crippen LogP contribution < -0.4 is 9.62 Å². The van der Waals surface area contributed by atoms with Crippen LogP contribution in [-0.2, 0) is 32.6 Å². The molecule has 0 aromatic heterocycles. The van der Waals surface area contributed by atoms with E-state index in [1.807, 2.05) is 12.1 Å². The van der Waals surface area contributed by atoms with E-state index in [2.05, 4.69) is 22.3 Å². The van der Waals surface area contributed by atoms with Crippen molar-refractivity contribution in [2.45, 2.75) is 33.0 Å². The van der Waals surface area contributed by atoms with Crippen LogP contribution in [0.4, 0.5) is 5.69 Å². The zero-order valence-corrected chi connectivity index (χ0v) is 20.2. The molecule has 0 spiro atoms. The molecule has 2 aromatic rings. The predicted octanol–water partition coefficient (Wildman–Crippen LogP) is 2.95. The van der Waals surface area contributed by atoms with Gasteiger partial charge in [0.05, 0.1) is 25.2 Å². The lowest BCUT2D eigenvalue weighted by atomic mass is 10.1. The number of rotatable bonds is 8. The van der Waals surface area contributed by atoms with Gasteiger partial charge in [-0.2, -0.15) is 0 Å². The molecule has 1 fully saturated rings. The Hall–Kier alpha value is -2.13. The van der Waals surface area contributed by atoms with Crippen LogP contribution in [-0.4, -0.2) is 57.8 Å². The molecule has 0 saturated carbocycles. The second-order valence-corrected chi connectivity index (χ2v) is 10.4. The van der Waals surface area contributed by atoms with Gasteiger partial charge in [-0.25, -0.2) is 8.42 Å². The van der Waals surface area contributed by atoms with E-state index in [1.165, 1.54) is 5.56 Å². The molecule has 9 heteroatoms. The summed E-state index contributed by atoms with van der Waals surface area (Å²) in [4.78, 5) is 15.2. The topological polar surface area (TPSA) is 79.0 Å². The fourth-order valence-corrected chi connectivity index (χ4v) is 5.11. The van der Waals surface area contributed by atoms with E-state index in [0.29, 0.717) is 17.3 Å². The predicted molar refractivity (Wildman–Crippen MR) is 127 cm³/mol. The number of nitrogens with zero attached hydrogens (tertiary/aromatic N) is 2. The molecule has 174 valence electrons. The minimum absolute atomic E-state index is 0.313. The lowest BCUT2D eigenvalue weighted by molar-refractivity contribution is -0.122. The molecule has 1 heterocycles. The van der Waals surface area contributed by atoms with E-state index >= 15 is 0 Å². The van der Waals surface area contributed by atoms with Crippen molar-refractivity contribution in [1.82, 2.24) is 10.2 Å². The number of carbonyl (C=O) groups excluding carboxylic acids is 1. The van der Waals surface area contributed by atoms with Gasteiger partial charge in [0.1, 0.15) is 6.04 Å². The van der Waals surface area contributed by atoms with Crippen LogP contribution in [0, 0.1) is 6.92 Å². The standard InChI is InChI=1S/C23H30ClN3O4S/c1-17-4-9-21(24)14-22(17)27(32(3,29)30)18(2)23(28)25-15-19-5-7-20(8-6-19)16-26-10-12-31-13-11-26/h4-9,14,18H,10-13,15-16H2,1-3H3,(H,25,28)/t18-/m0/s1. The van der Waals surface area contributed by atoms with Crippen LogP contribution in [0.15, 0.2) is 42.5 Å². The monoisotopic (exact) mass is 479 g/mol. The molecule has 0 unspecified atom stereocenters. The molecule has 1 saturated heterocycles. The molecule has 2 aromatic carbocycles. The van der Waals surface area contributed by atoms with Crippen LogP contribution in [0.2, 0.25) is 5.02 Å². The summed E-state index contributed by atoms with van der Waals surface area (Å²) < 4.78 is 31.5. The van der Waals surface area contributed by atoms with E-state index in [-0.39, 0.29) is 5.91 Å². The summed E-state index contributed by atoms with van der Waals surface area (Å²) >= 11 is 6.08. The fraction of sp³-hybridized carbons (Fsp3) is 0.435. The van der Waals surface area contributed by atoms with Crippen molar-refractivity contribution in [1.29, 1.82) is 0 Å². The number of sulfonamides is 1. The number of anilines is 1. The van der Waals surface area contributed by atoms with E-state index in [4.69, 9.17) is 16.3 Å². The van der Waals surface area contributed by atoms with Crippen molar-refractivity contribution in [2.24, 2.45) is 0 Å². The lowest BCUT2D eigenvalue weighted by Gasteiger charge is -2.29. The number of benzene rings is 2. The summed E-state index contributed by atoms with van der Waals surface area (Å²) in [7, 11) is -3.70. The van der Waals surface area contributed by atoms with Crippen LogP contribution in [0.25, 0.3) is 0 Å². The molecule has 1 amide bonds. The highest BCUT2D eigenvalue weighted by Crippen LogP contribution is 2.28. The van der Waals surface area contributed by atoms with Gasteiger partial charge in [-0.05, 0) is 42.7 Å². The summed E-state index contributed by atoms with van der Waals surface area (Å²) in [5.41, 5.74) is 3.27. The quantitative estimate of drug-likeness (QED) is 0.629. The van der Waals surface area contributed by atoms with Crippen LogP contribution in [0.5, 0.6) is 0 Å². The fourth-order valence-electron chi connectivity index (χ4n) is 3.72. The molecule has 0 aliphatic carbocycles. The van der Waals surface area contributed by atoms with Gasteiger partial charge in [0, 0.05) is 31.2 Å². The van der Waals surface area contributed by atoms with E-state index < -0.39 is 16.1 Å². The van der Waals surface area contributed by atoms with Gasteiger partial charge in [-0.3, -0.25) is 14.0 Å². The zero-order valence-electron chi connectivity index (χ0n) is 18.7. The number of nitrogens with one attached hydrogen (secondary N) is 1. The third-order valence-corrected chi connectivity index (χ3v) is 6.96. The Kier molecular flexibility index (Phi) is 8.16. The number of hydrogen-bond acceptors (Lipinski definition) is 5. The first kappa shape index (κ1) is 24.5. The average Bonchev–Trinajstić information content (AvgIpc) is 2.75. The third kappa shape index (κ3) is 6.45. The van der Waals surface area contributed by atoms with Gasteiger partial charge in [-0.15, -0.1) is 0 Å². The van der Waals surface area contributed by atoms with Crippen molar-refractivity contribution in [3.8, 4) is 0 Å². The van der Waals surface area contributed by atoms with Gasteiger partial charge < -0.3 is 10.1 Å². The first-order chi connectivity index (χ1) is 15.1. The number of amides is 1. The molecule has 0 bridgehead atoms. The minimum Gasteiger partial charge on any atom is -0.379 e. The average molecular weight is 480 g/mol. The van der Waals surface area contributed by atoms with Gasteiger partial charge in [0.15, 0.2) is 0 Å². The summed E-state index contributed by atoms with van der Waals surface area (Å²) in [5, 5.41) is 3.26. The molecule has 32 heavy (non-hydrogen) atoms. The van der Waals surface area contributed by atoms with Crippen LogP contribution in [0.3, 0.4) is 0 Å². The Labute approximate surface area is 195 Å². The number of carbonyl (C=O) groups is 1. The van der Waals surface area contributed by atoms with Crippen molar-refractivity contribution in [2.75, 3.05) is 36.9 Å². The maximum Gasteiger partial charge on any atom is 0.243 e. The molecule has 1 N–H and O–H groups in total. The van der Waals surface area contributed by atoms with E-state index in [9.17, 15) is 13.2 Å². The first-order valence-corrected chi connectivity index (χ1v) is 12.8. The Morgan fingerprint density at radius 2 is 1.78 bits per heavy atom. The number of aryl methyl sites for hydroxylation is 1. The molecule has 3 rings (SSSR count). The molecular weight excluding hydrogens is 450 g/mol. The van der Waals surface area contributed by atoms with Gasteiger partial charge >= 0.3 is 0 Å². The molecule has 0 radical (unpaired) electrons. The van der Waals surface area contributed by atoms with E-state index in [0.717, 1.165) is 54.5 Å². The van der Waals surface area contributed by atoms with Crippen molar-refractivity contribution < 1.29 is 17.9 Å². The van der Waals surface area contributed by atoms with Crippen LogP contribution >= 0.6 is 11.6 Å². The van der Waals surface area contributed by atoms with Crippen molar-refractivity contribution in [3.63, 3.8) is 0 Å². The highest BCUT2D eigenvalue weighted by molar-refractivity contribution is 7.92. The van der Waals surface area contributed by atoms with Crippen molar-refractivity contribution in [3.05, 3.63) is 64.2 Å². The summed E-state index contributed by atoms with van der Waals surface area (Å²) in [6.07, 6.45) is 1.09. The maximum absolute atomic E-state index is 12.8. The Morgan fingerprint density at radius 1 is 1.16 bits per heavy atom. The minimum atomic E-state index is -3.70. The summed E-state index contributed by atoms with van der Waals surface area (Å²) in [5.74, 6) is -0.382. The van der Waals surface area contributed by atoms with Gasteiger partial charge in [0.2, 0.25) is 15.9 Å². The smallest absolute Gasteiger partial charge is 0.243 e. The second-order valence-electron chi connectivity index (χ2n) is 8.09. The van der Waals surface area contributed by atoms with E-state index in [1.54, 1.807) is 32.0 Å². The van der Waals surface area contributed by atoms with Crippen molar-refractivity contribution >= 4 is 33.2 Å². The molecule has 7 nitrogen and oxygen atoms in total. The summed E-state index contributed by atoms with van der Waals surface area (Å²) in [6, 6.07) is 12.1. The Bertz CT molecular complexity index is 1040. The lowest BCUT2D eigenvalue weighted by Crippen LogP contribution is -2.48. The summed E-state index contributed by atoms with van der Waals surface area (Å²) in [6.45, 7) is 7.93. The Balaban J connectivity index is 1.64. The molecule has 1 aliphatic rings. The number of halogens is 1. The Morgan fingerprint density at radius 3 is 2.41 bits per heavy atom. The number of ether oxygens (including phenoxy) is 1.